The molecule has 1 rings (SSSR count). The lowest BCUT2D eigenvalue weighted by molar-refractivity contribution is -0.385. The van der Waals surface area contributed by atoms with Gasteiger partial charge in [0, 0.05) is 18.2 Å². The van der Waals surface area contributed by atoms with Gasteiger partial charge in [-0.25, -0.2) is 13.1 Å². The molecule has 0 amide bonds. The van der Waals surface area contributed by atoms with Crippen molar-refractivity contribution < 1.29 is 18.1 Å². The minimum Gasteiger partial charge on any atom is -0.495 e. The largest absolute Gasteiger partial charge is 0.495 e. The maximum atomic E-state index is 12.3. The number of benzene rings is 1. The minimum absolute atomic E-state index is 0. The number of ether oxygens (including phenoxy) is 1. The van der Waals surface area contributed by atoms with E-state index in [0.29, 0.717) is 0 Å². The molecule has 1 aromatic rings. The van der Waals surface area contributed by atoms with Crippen LogP contribution in [-0.4, -0.2) is 32.5 Å². The minimum atomic E-state index is -3.89. The third kappa shape index (κ3) is 4.81. The quantitative estimate of drug-likeness (QED) is 0.589. The molecule has 0 radical (unpaired) electrons. The van der Waals surface area contributed by atoms with Crippen LogP contribution in [0.25, 0.3) is 0 Å². The van der Waals surface area contributed by atoms with Crippen molar-refractivity contribution in [1.29, 1.82) is 0 Å². The first-order valence-corrected chi connectivity index (χ1v) is 7.18. The van der Waals surface area contributed by atoms with Gasteiger partial charge >= 0.3 is 0 Å². The molecule has 0 aromatic heterocycles. The van der Waals surface area contributed by atoms with E-state index in [2.05, 4.69) is 4.72 Å². The Balaban J connectivity index is 0.00000400. The molecule has 0 aliphatic rings. The SMILES string of the molecule is COc1cc([N+](=O)[O-])ccc1S(=O)(=O)NC(C)(C)CN.Cl. The van der Waals surface area contributed by atoms with E-state index in [-0.39, 0.29) is 35.3 Å². The molecule has 21 heavy (non-hydrogen) atoms. The highest BCUT2D eigenvalue weighted by Gasteiger charge is 2.28. The van der Waals surface area contributed by atoms with Crippen molar-refractivity contribution >= 4 is 28.1 Å². The molecular formula is C11H18ClN3O5S. The number of sulfonamides is 1. The molecule has 0 fully saturated rings. The summed E-state index contributed by atoms with van der Waals surface area (Å²) in [5.74, 6) is -0.0977. The van der Waals surface area contributed by atoms with Gasteiger partial charge in [0.2, 0.25) is 10.0 Å². The van der Waals surface area contributed by atoms with Crippen LogP contribution in [0.1, 0.15) is 13.8 Å². The van der Waals surface area contributed by atoms with E-state index in [4.69, 9.17) is 10.5 Å². The second-order valence-electron chi connectivity index (χ2n) is 4.79. The zero-order valence-electron chi connectivity index (χ0n) is 11.8. The van der Waals surface area contributed by atoms with Crippen molar-refractivity contribution in [2.45, 2.75) is 24.3 Å². The Morgan fingerprint density at radius 3 is 2.43 bits per heavy atom. The first-order valence-electron chi connectivity index (χ1n) is 5.69. The van der Waals surface area contributed by atoms with Crippen LogP contribution in [0.15, 0.2) is 23.1 Å². The summed E-state index contributed by atoms with van der Waals surface area (Å²) in [6.07, 6.45) is 0. The van der Waals surface area contributed by atoms with E-state index >= 15 is 0 Å². The number of nitrogens with one attached hydrogen (secondary N) is 1. The number of nitrogens with zero attached hydrogens (tertiary/aromatic N) is 1. The van der Waals surface area contributed by atoms with Gasteiger partial charge in [0.15, 0.2) is 0 Å². The molecule has 0 saturated carbocycles. The van der Waals surface area contributed by atoms with E-state index in [1.807, 2.05) is 0 Å². The lowest BCUT2D eigenvalue weighted by Crippen LogP contribution is -2.48. The summed E-state index contributed by atoms with van der Waals surface area (Å²) in [7, 11) is -2.65. The van der Waals surface area contributed by atoms with Crippen molar-refractivity contribution in [1.82, 2.24) is 4.72 Å². The Kier molecular flexibility index (Phi) is 6.55. The standard InChI is InChI=1S/C11H17N3O5S.ClH/c1-11(2,7-12)13-20(17,18)10-5-4-8(14(15)16)6-9(10)19-3;/h4-6,13H,7,12H2,1-3H3;1H. The number of rotatable bonds is 6. The summed E-state index contributed by atoms with van der Waals surface area (Å²) >= 11 is 0. The molecule has 0 bridgehead atoms. The Labute approximate surface area is 129 Å². The molecule has 3 N–H and O–H groups in total. The summed E-state index contributed by atoms with van der Waals surface area (Å²) in [5.41, 5.74) is 4.39. The first-order chi connectivity index (χ1) is 9.13. The van der Waals surface area contributed by atoms with Crippen LogP contribution in [0.5, 0.6) is 5.75 Å². The fourth-order valence-corrected chi connectivity index (χ4v) is 3.03. The van der Waals surface area contributed by atoms with Crippen molar-refractivity contribution in [3.05, 3.63) is 28.3 Å². The smallest absolute Gasteiger partial charge is 0.273 e. The van der Waals surface area contributed by atoms with Crippen LogP contribution >= 0.6 is 12.4 Å². The van der Waals surface area contributed by atoms with E-state index in [0.717, 1.165) is 18.2 Å². The van der Waals surface area contributed by atoms with Crippen molar-refractivity contribution in [3.8, 4) is 5.75 Å². The maximum Gasteiger partial charge on any atom is 0.273 e. The van der Waals surface area contributed by atoms with Crippen LogP contribution < -0.4 is 15.2 Å². The average molecular weight is 340 g/mol. The Morgan fingerprint density at radius 2 is 2.00 bits per heavy atom. The zero-order valence-corrected chi connectivity index (χ0v) is 13.5. The summed E-state index contributed by atoms with van der Waals surface area (Å²) in [6, 6.07) is 3.29. The molecule has 120 valence electrons. The summed E-state index contributed by atoms with van der Waals surface area (Å²) in [4.78, 5) is 9.87. The number of hydrogen-bond acceptors (Lipinski definition) is 6. The molecule has 0 heterocycles. The number of halogens is 1. The lowest BCUT2D eigenvalue weighted by Gasteiger charge is -2.24. The number of methoxy groups -OCH3 is 1. The van der Waals surface area contributed by atoms with Gasteiger partial charge in [-0.2, -0.15) is 0 Å². The van der Waals surface area contributed by atoms with Gasteiger partial charge in [0.25, 0.3) is 5.69 Å². The second-order valence-corrected chi connectivity index (χ2v) is 6.44. The molecule has 10 heteroatoms. The molecule has 8 nitrogen and oxygen atoms in total. The van der Waals surface area contributed by atoms with Crippen LogP contribution in [0, 0.1) is 10.1 Å². The van der Waals surface area contributed by atoms with E-state index in [1.54, 1.807) is 13.8 Å². The van der Waals surface area contributed by atoms with Gasteiger partial charge < -0.3 is 10.5 Å². The molecule has 0 aliphatic carbocycles. The predicted molar refractivity (Wildman–Crippen MR) is 80.4 cm³/mol. The molecular weight excluding hydrogens is 322 g/mol. The van der Waals surface area contributed by atoms with Gasteiger partial charge in [-0.05, 0) is 19.9 Å². The Hall–Kier alpha value is -1.42. The van der Waals surface area contributed by atoms with Gasteiger partial charge in [-0.3, -0.25) is 10.1 Å². The van der Waals surface area contributed by atoms with Crippen molar-refractivity contribution in [2.24, 2.45) is 5.73 Å². The van der Waals surface area contributed by atoms with Gasteiger partial charge in [0.05, 0.1) is 18.1 Å². The number of nitrogens with two attached hydrogens (primary N) is 1. The van der Waals surface area contributed by atoms with Gasteiger partial charge in [-0.15, -0.1) is 12.4 Å². The van der Waals surface area contributed by atoms with Gasteiger partial charge in [-0.1, -0.05) is 0 Å². The summed E-state index contributed by atoms with van der Waals surface area (Å²) in [5, 5.41) is 10.7. The fraction of sp³-hybridized carbons (Fsp3) is 0.455. The molecule has 0 atom stereocenters. The third-order valence-corrected chi connectivity index (χ3v) is 4.31. The highest BCUT2D eigenvalue weighted by molar-refractivity contribution is 7.89. The predicted octanol–water partition coefficient (Wildman–Crippen LogP) is 1.04. The first kappa shape index (κ1) is 19.6. The van der Waals surface area contributed by atoms with Crippen molar-refractivity contribution in [2.75, 3.05) is 13.7 Å². The Bertz CT molecular complexity index is 618. The highest BCUT2D eigenvalue weighted by Crippen LogP contribution is 2.28. The fourth-order valence-electron chi connectivity index (χ4n) is 1.45. The normalized spacial score (nSPS) is 11.6. The highest BCUT2D eigenvalue weighted by atomic mass is 35.5. The van der Waals surface area contributed by atoms with Gasteiger partial charge in [0.1, 0.15) is 10.6 Å². The monoisotopic (exact) mass is 339 g/mol. The van der Waals surface area contributed by atoms with E-state index < -0.39 is 20.5 Å². The average Bonchev–Trinajstić information content (AvgIpc) is 2.36. The lowest BCUT2D eigenvalue weighted by atomic mass is 10.1. The van der Waals surface area contributed by atoms with E-state index in [9.17, 15) is 18.5 Å². The molecule has 0 spiro atoms. The molecule has 0 aliphatic heterocycles. The maximum absolute atomic E-state index is 12.3. The van der Waals surface area contributed by atoms with Crippen LogP contribution in [0.2, 0.25) is 0 Å². The number of nitro benzene ring substituents is 1. The van der Waals surface area contributed by atoms with Crippen molar-refractivity contribution in [3.63, 3.8) is 0 Å². The topological polar surface area (TPSA) is 125 Å². The second kappa shape index (κ2) is 7.03. The summed E-state index contributed by atoms with van der Waals surface area (Å²) in [6.45, 7) is 3.35. The van der Waals surface area contributed by atoms with Crippen LogP contribution in [0.3, 0.4) is 0 Å². The molecule has 0 unspecified atom stereocenters. The zero-order chi connectivity index (χ0) is 15.6. The van der Waals surface area contributed by atoms with E-state index in [1.165, 1.54) is 7.11 Å². The number of hydrogen-bond donors (Lipinski definition) is 2. The molecule has 1 aromatic carbocycles. The number of non-ortho nitro benzene ring substituents is 1. The van der Waals surface area contributed by atoms with Crippen LogP contribution in [-0.2, 0) is 10.0 Å². The number of nitro groups is 1. The van der Waals surface area contributed by atoms with Crippen LogP contribution in [0.4, 0.5) is 5.69 Å². The summed E-state index contributed by atoms with van der Waals surface area (Å²) < 4.78 is 31.8. The Morgan fingerprint density at radius 1 is 1.43 bits per heavy atom. The third-order valence-electron chi connectivity index (χ3n) is 2.57. The molecule has 0 saturated heterocycles.